The van der Waals surface area contributed by atoms with Gasteiger partial charge in [-0.15, -0.1) is 0 Å². The highest BCUT2D eigenvalue weighted by Gasteiger charge is 2.28. The van der Waals surface area contributed by atoms with Crippen LogP contribution in [0.4, 0.5) is 0 Å². The molecule has 1 fully saturated rings. The molecule has 1 aliphatic heterocycles. The first kappa shape index (κ1) is 14.5. The summed E-state index contributed by atoms with van der Waals surface area (Å²) in [4.78, 5) is 7.11. The second-order valence-electron chi connectivity index (χ2n) is 6.13. The molecule has 0 bridgehead atoms. The third-order valence-electron chi connectivity index (χ3n) is 4.57. The fourth-order valence-corrected chi connectivity index (χ4v) is 2.69. The molecule has 1 saturated heterocycles. The summed E-state index contributed by atoms with van der Waals surface area (Å²) < 4.78 is 0. The molecule has 0 atom stereocenters. The number of piperidine rings is 1. The Labute approximate surface area is 117 Å². The Hall–Kier alpha value is -0.930. The lowest BCUT2D eigenvalue weighted by Gasteiger charge is -2.38. The first-order valence-corrected chi connectivity index (χ1v) is 7.46. The van der Waals surface area contributed by atoms with Gasteiger partial charge in [0.15, 0.2) is 0 Å². The number of hydrogen-bond donors (Lipinski definition) is 1. The Balaban J connectivity index is 1.85. The predicted molar refractivity (Wildman–Crippen MR) is 79.9 cm³/mol. The largest absolute Gasteiger partial charge is 0.316 e. The number of aromatic nitrogens is 1. The van der Waals surface area contributed by atoms with Gasteiger partial charge in [-0.2, -0.15) is 0 Å². The van der Waals surface area contributed by atoms with Gasteiger partial charge >= 0.3 is 0 Å². The van der Waals surface area contributed by atoms with Gasteiger partial charge in [-0.25, -0.2) is 0 Å². The van der Waals surface area contributed by atoms with Crippen molar-refractivity contribution in [1.29, 1.82) is 0 Å². The highest BCUT2D eigenvalue weighted by atomic mass is 15.1. The van der Waals surface area contributed by atoms with Crippen LogP contribution in [0, 0.1) is 5.41 Å². The van der Waals surface area contributed by atoms with Crippen molar-refractivity contribution in [3.05, 3.63) is 29.6 Å². The summed E-state index contributed by atoms with van der Waals surface area (Å²) in [6.45, 7) is 9.06. The second kappa shape index (κ2) is 6.49. The molecule has 2 rings (SSSR count). The van der Waals surface area contributed by atoms with Gasteiger partial charge in [0, 0.05) is 19.3 Å². The molecule has 3 nitrogen and oxygen atoms in total. The van der Waals surface area contributed by atoms with E-state index in [0.717, 1.165) is 13.1 Å². The molecule has 1 aliphatic rings. The van der Waals surface area contributed by atoms with E-state index >= 15 is 0 Å². The lowest BCUT2D eigenvalue weighted by Crippen LogP contribution is -2.38. The summed E-state index contributed by atoms with van der Waals surface area (Å²) in [6, 6.07) is 4.35. The zero-order valence-corrected chi connectivity index (χ0v) is 12.6. The maximum absolute atomic E-state index is 4.57. The molecule has 0 saturated carbocycles. The van der Waals surface area contributed by atoms with Crippen molar-refractivity contribution >= 4 is 0 Å². The summed E-state index contributed by atoms with van der Waals surface area (Å²) in [6.07, 6.45) is 5.94. The lowest BCUT2D eigenvalue weighted by molar-refractivity contribution is 0.109. The smallest absolute Gasteiger partial charge is 0.0544 e. The number of pyridine rings is 1. The average Bonchev–Trinajstić information content (AvgIpc) is 2.44. The molecule has 0 aliphatic carbocycles. The van der Waals surface area contributed by atoms with Crippen LogP contribution in [0.1, 0.15) is 44.4 Å². The van der Waals surface area contributed by atoms with Crippen molar-refractivity contribution in [2.45, 2.75) is 46.2 Å². The van der Waals surface area contributed by atoms with Crippen LogP contribution in [0.15, 0.2) is 18.3 Å². The van der Waals surface area contributed by atoms with E-state index in [1.54, 1.807) is 0 Å². The highest BCUT2D eigenvalue weighted by Crippen LogP contribution is 2.34. The third kappa shape index (κ3) is 4.02. The van der Waals surface area contributed by atoms with Crippen molar-refractivity contribution in [3.8, 4) is 0 Å². The van der Waals surface area contributed by atoms with Crippen molar-refractivity contribution in [2.75, 3.05) is 20.1 Å². The standard InChI is InChI=1S/C16H27N3/c1-4-16(2)7-9-19(10-8-16)13-15-6-5-14(11-17-3)12-18-15/h5-6,12,17H,4,7-11,13H2,1-3H3. The molecule has 0 aromatic carbocycles. The third-order valence-corrected chi connectivity index (χ3v) is 4.57. The van der Waals surface area contributed by atoms with E-state index in [-0.39, 0.29) is 0 Å². The van der Waals surface area contributed by atoms with Crippen LogP contribution < -0.4 is 5.32 Å². The summed E-state index contributed by atoms with van der Waals surface area (Å²) in [5.74, 6) is 0. The molecule has 1 aromatic rings. The number of nitrogens with one attached hydrogen (secondary N) is 1. The zero-order valence-electron chi connectivity index (χ0n) is 12.6. The van der Waals surface area contributed by atoms with Gasteiger partial charge in [-0.05, 0) is 50.0 Å². The Morgan fingerprint density at radius 1 is 1.32 bits per heavy atom. The maximum atomic E-state index is 4.57. The van der Waals surface area contributed by atoms with Crippen LogP contribution in [0.25, 0.3) is 0 Å². The van der Waals surface area contributed by atoms with E-state index in [0.29, 0.717) is 5.41 Å². The van der Waals surface area contributed by atoms with Crippen molar-refractivity contribution in [3.63, 3.8) is 0 Å². The van der Waals surface area contributed by atoms with Gasteiger partial charge in [0.05, 0.1) is 5.69 Å². The topological polar surface area (TPSA) is 28.2 Å². The summed E-state index contributed by atoms with van der Waals surface area (Å²) in [5, 5.41) is 3.15. The Kier molecular flexibility index (Phi) is 4.94. The van der Waals surface area contributed by atoms with Gasteiger partial charge in [0.1, 0.15) is 0 Å². The van der Waals surface area contributed by atoms with Crippen LogP contribution in [0.2, 0.25) is 0 Å². The van der Waals surface area contributed by atoms with E-state index in [1.807, 2.05) is 13.2 Å². The van der Waals surface area contributed by atoms with E-state index < -0.39 is 0 Å². The Bertz CT molecular complexity index is 377. The first-order chi connectivity index (χ1) is 9.15. The molecule has 0 amide bonds. The first-order valence-electron chi connectivity index (χ1n) is 7.46. The molecule has 2 heterocycles. The summed E-state index contributed by atoms with van der Waals surface area (Å²) >= 11 is 0. The second-order valence-corrected chi connectivity index (χ2v) is 6.13. The normalized spacial score (nSPS) is 19.5. The molecule has 0 unspecified atom stereocenters. The quantitative estimate of drug-likeness (QED) is 0.883. The van der Waals surface area contributed by atoms with Crippen molar-refractivity contribution < 1.29 is 0 Å². The van der Waals surface area contributed by atoms with E-state index in [4.69, 9.17) is 0 Å². The Morgan fingerprint density at radius 2 is 2.05 bits per heavy atom. The minimum atomic E-state index is 0.570. The fourth-order valence-electron chi connectivity index (χ4n) is 2.69. The van der Waals surface area contributed by atoms with E-state index in [9.17, 15) is 0 Å². The molecular weight excluding hydrogens is 234 g/mol. The van der Waals surface area contributed by atoms with Gasteiger partial charge in [-0.3, -0.25) is 9.88 Å². The predicted octanol–water partition coefficient (Wildman–Crippen LogP) is 2.81. The van der Waals surface area contributed by atoms with Crippen molar-refractivity contribution in [1.82, 2.24) is 15.2 Å². The van der Waals surface area contributed by atoms with Gasteiger partial charge in [0.2, 0.25) is 0 Å². The molecule has 0 radical (unpaired) electrons. The number of nitrogens with zero attached hydrogens (tertiary/aromatic N) is 2. The van der Waals surface area contributed by atoms with Crippen LogP contribution in [0.5, 0.6) is 0 Å². The van der Waals surface area contributed by atoms with Crippen LogP contribution in [-0.2, 0) is 13.1 Å². The molecular formula is C16H27N3. The van der Waals surface area contributed by atoms with Gasteiger partial charge in [-0.1, -0.05) is 26.3 Å². The van der Waals surface area contributed by atoms with Crippen LogP contribution in [0.3, 0.4) is 0 Å². The number of likely N-dealkylation sites (tertiary alicyclic amines) is 1. The molecule has 3 heteroatoms. The van der Waals surface area contributed by atoms with E-state index in [2.05, 4.69) is 41.2 Å². The molecule has 0 spiro atoms. The SMILES string of the molecule is CCC1(C)CCN(Cc2ccc(CNC)cn2)CC1. The fraction of sp³-hybridized carbons (Fsp3) is 0.688. The zero-order chi connectivity index (χ0) is 13.7. The monoisotopic (exact) mass is 261 g/mol. The minimum Gasteiger partial charge on any atom is -0.316 e. The minimum absolute atomic E-state index is 0.570. The van der Waals surface area contributed by atoms with Crippen LogP contribution in [-0.4, -0.2) is 30.0 Å². The average molecular weight is 261 g/mol. The highest BCUT2D eigenvalue weighted by molar-refractivity contribution is 5.14. The molecule has 1 N–H and O–H groups in total. The molecule has 19 heavy (non-hydrogen) atoms. The number of hydrogen-bond acceptors (Lipinski definition) is 3. The van der Waals surface area contributed by atoms with Gasteiger partial charge < -0.3 is 5.32 Å². The van der Waals surface area contributed by atoms with E-state index in [1.165, 1.54) is 43.6 Å². The lowest BCUT2D eigenvalue weighted by atomic mass is 9.78. The summed E-state index contributed by atoms with van der Waals surface area (Å²) in [5.41, 5.74) is 3.02. The molecule has 1 aromatic heterocycles. The van der Waals surface area contributed by atoms with Gasteiger partial charge in [0.25, 0.3) is 0 Å². The molecule has 106 valence electrons. The number of rotatable bonds is 5. The summed E-state index contributed by atoms with van der Waals surface area (Å²) in [7, 11) is 1.96. The maximum Gasteiger partial charge on any atom is 0.0544 e. The van der Waals surface area contributed by atoms with Crippen LogP contribution >= 0.6 is 0 Å². The Morgan fingerprint density at radius 3 is 2.58 bits per heavy atom. The van der Waals surface area contributed by atoms with Crippen molar-refractivity contribution in [2.24, 2.45) is 5.41 Å².